The molecule has 0 saturated heterocycles. The van der Waals surface area contributed by atoms with Gasteiger partial charge in [-0.05, 0) is 13.1 Å². The third kappa shape index (κ3) is 4.93. The summed E-state index contributed by atoms with van der Waals surface area (Å²) in [6, 6.07) is 1.04. The summed E-state index contributed by atoms with van der Waals surface area (Å²) in [5.74, 6) is 0. The average Bonchev–Trinajstić information content (AvgIpc) is 1.99. The van der Waals surface area contributed by atoms with E-state index in [-0.39, 0.29) is 0 Å². The van der Waals surface area contributed by atoms with Crippen LogP contribution in [0, 0.1) is 0 Å². The zero-order valence-corrected chi connectivity index (χ0v) is 8.17. The number of hydrogen-bond acceptors (Lipinski definition) is 3. The third-order valence-corrected chi connectivity index (χ3v) is 3.14. The van der Waals surface area contributed by atoms with Crippen LogP contribution in [-0.4, -0.2) is 36.6 Å². The monoisotopic (exact) mass is 163 g/mol. The molecule has 0 aromatic heterocycles. The van der Waals surface area contributed by atoms with Crippen molar-refractivity contribution in [3.8, 4) is 0 Å². The molecule has 0 spiro atoms. The highest BCUT2D eigenvalue weighted by Gasteiger charge is 2.06. The first-order valence-corrected chi connectivity index (χ1v) is 5.37. The Hall–Kier alpha value is 0.0969. The molecule has 0 unspecified atom stereocenters. The Morgan fingerprint density at radius 2 is 1.90 bits per heavy atom. The minimum Gasteiger partial charge on any atom is -0.400 e. The second-order valence-corrected chi connectivity index (χ2v) is 4.42. The Bertz CT molecular complexity index is 68.8. The van der Waals surface area contributed by atoms with Gasteiger partial charge in [0.25, 0.3) is 0 Å². The van der Waals surface area contributed by atoms with Crippen molar-refractivity contribution < 1.29 is 8.85 Å². The first-order valence-electron chi connectivity index (χ1n) is 3.61. The standard InChI is InChI=1S/C6H17NO2Si/c1-4-7-5-6-10(8-2)9-3/h7,10H,4-6H2,1-3H3. The minimum atomic E-state index is -1.29. The van der Waals surface area contributed by atoms with Gasteiger partial charge in [-0.25, -0.2) is 0 Å². The third-order valence-electron chi connectivity index (χ3n) is 1.33. The van der Waals surface area contributed by atoms with Crippen LogP contribution in [0.4, 0.5) is 0 Å². The van der Waals surface area contributed by atoms with E-state index in [2.05, 4.69) is 12.2 Å². The lowest BCUT2D eigenvalue weighted by molar-refractivity contribution is 0.277. The summed E-state index contributed by atoms with van der Waals surface area (Å²) in [5.41, 5.74) is 0. The minimum absolute atomic E-state index is 1.01. The average molecular weight is 163 g/mol. The Morgan fingerprint density at radius 3 is 2.30 bits per heavy atom. The maximum absolute atomic E-state index is 5.12. The highest BCUT2D eigenvalue weighted by atomic mass is 28.3. The molecule has 0 heterocycles. The topological polar surface area (TPSA) is 30.5 Å². The smallest absolute Gasteiger partial charge is 0.322 e. The summed E-state index contributed by atoms with van der Waals surface area (Å²) >= 11 is 0. The molecule has 0 amide bonds. The largest absolute Gasteiger partial charge is 0.400 e. The molecule has 3 nitrogen and oxygen atoms in total. The molecule has 4 heteroatoms. The van der Waals surface area contributed by atoms with Crippen molar-refractivity contribution in [3.63, 3.8) is 0 Å². The summed E-state index contributed by atoms with van der Waals surface area (Å²) in [6.07, 6.45) is 0. The normalized spacial score (nSPS) is 10.8. The first-order chi connectivity index (χ1) is 4.85. The molecule has 0 fully saturated rings. The van der Waals surface area contributed by atoms with Gasteiger partial charge in [-0.1, -0.05) is 6.92 Å². The zero-order valence-electron chi connectivity index (χ0n) is 7.02. The van der Waals surface area contributed by atoms with Crippen molar-refractivity contribution in [2.75, 3.05) is 27.3 Å². The van der Waals surface area contributed by atoms with E-state index in [0.717, 1.165) is 19.1 Å². The molecule has 62 valence electrons. The molecule has 1 N–H and O–H groups in total. The fraction of sp³-hybridized carbons (Fsp3) is 1.00. The van der Waals surface area contributed by atoms with E-state index in [4.69, 9.17) is 8.85 Å². The van der Waals surface area contributed by atoms with Crippen LogP contribution in [0.1, 0.15) is 6.92 Å². The van der Waals surface area contributed by atoms with Gasteiger partial charge in [0, 0.05) is 20.3 Å². The van der Waals surface area contributed by atoms with E-state index in [9.17, 15) is 0 Å². The number of nitrogens with one attached hydrogen (secondary N) is 1. The van der Waals surface area contributed by atoms with Gasteiger partial charge in [-0.2, -0.15) is 0 Å². The van der Waals surface area contributed by atoms with Gasteiger partial charge in [-0.15, -0.1) is 0 Å². The molecule has 0 aliphatic heterocycles. The van der Waals surface area contributed by atoms with Crippen LogP contribution >= 0.6 is 0 Å². The van der Waals surface area contributed by atoms with E-state index in [1.54, 1.807) is 14.2 Å². The van der Waals surface area contributed by atoms with Crippen molar-refractivity contribution in [1.29, 1.82) is 0 Å². The van der Waals surface area contributed by atoms with E-state index < -0.39 is 9.28 Å². The molecule has 0 aromatic rings. The molecule has 0 bridgehead atoms. The lowest BCUT2D eigenvalue weighted by atomic mass is 10.7. The van der Waals surface area contributed by atoms with Crippen LogP contribution < -0.4 is 5.32 Å². The van der Waals surface area contributed by atoms with Gasteiger partial charge < -0.3 is 14.2 Å². The molecule has 0 aliphatic carbocycles. The molecule has 0 aromatic carbocycles. The van der Waals surface area contributed by atoms with Crippen molar-refractivity contribution in [2.24, 2.45) is 0 Å². The molecular weight excluding hydrogens is 146 g/mol. The van der Waals surface area contributed by atoms with Gasteiger partial charge >= 0.3 is 9.28 Å². The number of hydrogen-bond donors (Lipinski definition) is 1. The van der Waals surface area contributed by atoms with Gasteiger partial charge in [0.15, 0.2) is 0 Å². The van der Waals surface area contributed by atoms with Gasteiger partial charge in [0.05, 0.1) is 0 Å². The summed E-state index contributed by atoms with van der Waals surface area (Å²) < 4.78 is 10.2. The fourth-order valence-corrected chi connectivity index (χ4v) is 1.83. The second kappa shape index (κ2) is 7.21. The maximum Gasteiger partial charge on any atom is 0.322 e. The van der Waals surface area contributed by atoms with Crippen LogP contribution in [0.5, 0.6) is 0 Å². The molecule has 0 atom stereocenters. The molecule has 0 aliphatic rings. The highest BCUT2D eigenvalue weighted by Crippen LogP contribution is 1.91. The van der Waals surface area contributed by atoms with E-state index in [1.807, 2.05) is 0 Å². The Balaban J connectivity index is 3.09. The van der Waals surface area contributed by atoms with Crippen molar-refractivity contribution >= 4 is 9.28 Å². The van der Waals surface area contributed by atoms with E-state index in [1.165, 1.54) is 0 Å². The molecule has 0 radical (unpaired) electrons. The molecule has 0 saturated carbocycles. The first kappa shape index (κ1) is 10.1. The summed E-state index contributed by atoms with van der Waals surface area (Å²) in [4.78, 5) is 0. The summed E-state index contributed by atoms with van der Waals surface area (Å²) in [6.45, 7) is 4.12. The van der Waals surface area contributed by atoms with Crippen molar-refractivity contribution in [3.05, 3.63) is 0 Å². The Labute approximate surface area is 64.6 Å². The highest BCUT2D eigenvalue weighted by molar-refractivity contribution is 6.44. The van der Waals surface area contributed by atoms with E-state index in [0.29, 0.717) is 0 Å². The van der Waals surface area contributed by atoms with Gasteiger partial charge in [0.2, 0.25) is 0 Å². The van der Waals surface area contributed by atoms with Gasteiger partial charge in [-0.3, -0.25) is 0 Å². The van der Waals surface area contributed by atoms with Crippen molar-refractivity contribution in [2.45, 2.75) is 13.0 Å². The Morgan fingerprint density at radius 1 is 1.30 bits per heavy atom. The lowest BCUT2D eigenvalue weighted by Gasteiger charge is -2.09. The Kier molecular flexibility index (Phi) is 7.28. The van der Waals surface area contributed by atoms with Crippen LogP contribution in [0.15, 0.2) is 0 Å². The SMILES string of the molecule is CCNCC[SiH](OC)OC. The number of rotatable bonds is 6. The summed E-state index contributed by atoms with van der Waals surface area (Å²) in [7, 11) is 2.14. The molecular formula is C6H17NO2Si. The maximum atomic E-state index is 5.12. The fourth-order valence-electron chi connectivity index (χ4n) is 0.729. The van der Waals surface area contributed by atoms with Crippen LogP contribution in [0.3, 0.4) is 0 Å². The van der Waals surface area contributed by atoms with Crippen molar-refractivity contribution in [1.82, 2.24) is 5.32 Å². The predicted octanol–water partition coefficient (Wildman–Crippen LogP) is 0.109. The van der Waals surface area contributed by atoms with Gasteiger partial charge in [0.1, 0.15) is 0 Å². The van der Waals surface area contributed by atoms with Crippen LogP contribution in [0.2, 0.25) is 6.04 Å². The predicted molar refractivity (Wildman–Crippen MR) is 44.5 cm³/mol. The van der Waals surface area contributed by atoms with Crippen LogP contribution in [0.25, 0.3) is 0 Å². The van der Waals surface area contributed by atoms with E-state index >= 15 is 0 Å². The summed E-state index contributed by atoms with van der Waals surface area (Å²) in [5, 5.41) is 3.22. The molecule has 10 heavy (non-hydrogen) atoms. The second-order valence-electron chi connectivity index (χ2n) is 2.04. The lowest BCUT2D eigenvalue weighted by Crippen LogP contribution is -2.25. The van der Waals surface area contributed by atoms with Crippen LogP contribution in [-0.2, 0) is 8.85 Å². The quantitative estimate of drug-likeness (QED) is 0.445. The molecule has 0 rings (SSSR count). The zero-order chi connectivity index (χ0) is 7.82.